The van der Waals surface area contributed by atoms with Crippen LogP contribution in [0.2, 0.25) is 0 Å². The zero-order chi connectivity index (χ0) is 14.8. The van der Waals surface area contributed by atoms with Crippen LogP contribution in [0.3, 0.4) is 0 Å². The number of aromatic nitrogens is 1. The summed E-state index contributed by atoms with van der Waals surface area (Å²) in [5.74, 6) is 0.857. The lowest BCUT2D eigenvalue weighted by Crippen LogP contribution is -2.14. The number of pyridine rings is 1. The quantitative estimate of drug-likeness (QED) is 0.897. The zero-order valence-electron chi connectivity index (χ0n) is 13.1. The standard InChI is InChI=1S/C17H24N2O/c1-6-18-13-11-15(17(3,4)5)19-16-12(13)9-8-10-14(16)20-7-2/h8-11H,6-7H2,1-5H3,(H,18,19). The lowest BCUT2D eigenvalue weighted by atomic mass is 9.90. The van der Waals surface area contributed by atoms with E-state index < -0.39 is 0 Å². The van der Waals surface area contributed by atoms with Gasteiger partial charge in [-0.3, -0.25) is 0 Å². The molecule has 1 heterocycles. The highest BCUT2D eigenvalue weighted by molar-refractivity contribution is 5.95. The minimum absolute atomic E-state index is 0.0116. The second-order valence-corrected chi connectivity index (χ2v) is 5.92. The molecule has 0 aliphatic carbocycles. The molecule has 2 aromatic rings. The molecule has 1 aromatic heterocycles. The van der Waals surface area contributed by atoms with E-state index in [0.717, 1.165) is 34.6 Å². The predicted octanol–water partition coefficient (Wildman–Crippen LogP) is 4.36. The molecule has 108 valence electrons. The average molecular weight is 272 g/mol. The van der Waals surface area contributed by atoms with Crippen LogP contribution in [0.4, 0.5) is 5.69 Å². The molecule has 3 heteroatoms. The van der Waals surface area contributed by atoms with Crippen molar-refractivity contribution in [2.75, 3.05) is 18.5 Å². The zero-order valence-corrected chi connectivity index (χ0v) is 13.1. The second kappa shape index (κ2) is 5.70. The number of nitrogens with one attached hydrogen (secondary N) is 1. The molecule has 0 bridgehead atoms. The van der Waals surface area contributed by atoms with Crippen molar-refractivity contribution in [2.24, 2.45) is 0 Å². The van der Waals surface area contributed by atoms with Crippen LogP contribution in [0.1, 0.15) is 40.3 Å². The Labute approximate surface area is 121 Å². The van der Waals surface area contributed by atoms with Crippen LogP contribution in [0.15, 0.2) is 24.3 Å². The first-order valence-electron chi connectivity index (χ1n) is 7.28. The maximum absolute atomic E-state index is 5.73. The van der Waals surface area contributed by atoms with Crippen LogP contribution in [-0.4, -0.2) is 18.1 Å². The SMILES string of the molecule is CCNc1cc(C(C)(C)C)nc2c(OCC)cccc12. The highest BCUT2D eigenvalue weighted by Crippen LogP contribution is 2.33. The van der Waals surface area contributed by atoms with Crippen molar-refractivity contribution < 1.29 is 4.74 Å². The van der Waals surface area contributed by atoms with Gasteiger partial charge in [0.25, 0.3) is 0 Å². The summed E-state index contributed by atoms with van der Waals surface area (Å²) >= 11 is 0. The Hall–Kier alpha value is -1.77. The largest absolute Gasteiger partial charge is 0.492 e. The summed E-state index contributed by atoms with van der Waals surface area (Å²) in [7, 11) is 0. The van der Waals surface area contributed by atoms with Gasteiger partial charge in [-0.15, -0.1) is 0 Å². The van der Waals surface area contributed by atoms with Gasteiger partial charge >= 0.3 is 0 Å². The highest BCUT2D eigenvalue weighted by Gasteiger charge is 2.19. The number of ether oxygens (including phenoxy) is 1. The molecule has 0 spiro atoms. The summed E-state index contributed by atoms with van der Waals surface area (Å²) in [6.45, 7) is 12.2. The smallest absolute Gasteiger partial charge is 0.145 e. The Bertz CT molecular complexity index is 600. The van der Waals surface area contributed by atoms with E-state index in [1.165, 1.54) is 0 Å². The van der Waals surface area contributed by atoms with Crippen LogP contribution in [0.25, 0.3) is 10.9 Å². The third-order valence-corrected chi connectivity index (χ3v) is 3.24. The van der Waals surface area contributed by atoms with Gasteiger partial charge < -0.3 is 10.1 Å². The Morgan fingerprint density at radius 1 is 1.20 bits per heavy atom. The van der Waals surface area contributed by atoms with Crippen molar-refractivity contribution in [2.45, 2.75) is 40.0 Å². The summed E-state index contributed by atoms with van der Waals surface area (Å²) in [6.07, 6.45) is 0. The molecule has 0 saturated heterocycles. The van der Waals surface area contributed by atoms with Gasteiger partial charge in [0.1, 0.15) is 11.3 Å². The Kier molecular flexibility index (Phi) is 4.17. The number of nitrogens with zero attached hydrogens (tertiary/aromatic N) is 1. The molecule has 2 rings (SSSR count). The maximum atomic E-state index is 5.73. The van der Waals surface area contributed by atoms with Gasteiger partial charge in [0.2, 0.25) is 0 Å². The molecule has 0 atom stereocenters. The first-order chi connectivity index (χ1) is 9.47. The van der Waals surface area contributed by atoms with Crippen molar-refractivity contribution in [1.82, 2.24) is 4.98 Å². The van der Waals surface area contributed by atoms with E-state index in [9.17, 15) is 0 Å². The second-order valence-electron chi connectivity index (χ2n) is 5.92. The first kappa shape index (κ1) is 14.6. The number of hydrogen-bond donors (Lipinski definition) is 1. The van der Waals surface area contributed by atoms with E-state index in [4.69, 9.17) is 9.72 Å². The van der Waals surface area contributed by atoms with E-state index in [-0.39, 0.29) is 5.41 Å². The van der Waals surface area contributed by atoms with Gasteiger partial charge in [-0.05, 0) is 26.0 Å². The first-order valence-corrected chi connectivity index (χ1v) is 7.28. The van der Waals surface area contributed by atoms with Crippen LogP contribution in [0, 0.1) is 0 Å². The van der Waals surface area contributed by atoms with Crippen molar-refractivity contribution in [1.29, 1.82) is 0 Å². The minimum Gasteiger partial charge on any atom is -0.492 e. The molecular weight excluding hydrogens is 248 g/mol. The monoisotopic (exact) mass is 272 g/mol. The topological polar surface area (TPSA) is 34.2 Å². The maximum Gasteiger partial charge on any atom is 0.145 e. The molecule has 0 fully saturated rings. The lowest BCUT2D eigenvalue weighted by molar-refractivity contribution is 0.343. The highest BCUT2D eigenvalue weighted by atomic mass is 16.5. The predicted molar refractivity (Wildman–Crippen MR) is 85.8 cm³/mol. The van der Waals surface area contributed by atoms with Crippen LogP contribution >= 0.6 is 0 Å². The van der Waals surface area contributed by atoms with Gasteiger partial charge in [-0.1, -0.05) is 32.9 Å². The molecule has 0 unspecified atom stereocenters. The average Bonchev–Trinajstić information content (AvgIpc) is 2.39. The third-order valence-electron chi connectivity index (χ3n) is 3.24. The minimum atomic E-state index is 0.0116. The summed E-state index contributed by atoms with van der Waals surface area (Å²) in [5, 5.41) is 4.55. The summed E-state index contributed by atoms with van der Waals surface area (Å²) in [5.41, 5.74) is 3.16. The fourth-order valence-electron chi connectivity index (χ4n) is 2.22. The fourth-order valence-corrected chi connectivity index (χ4v) is 2.22. The number of fused-ring (bicyclic) bond motifs is 1. The third kappa shape index (κ3) is 2.87. The van der Waals surface area contributed by atoms with E-state index in [0.29, 0.717) is 6.61 Å². The Morgan fingerprint density at radius 3 is 2.55 bits per heavy atom. The van der Waals surface area contributed by atoms with Crippen molar-refractivity contribution in [3.05, 3.63) is 30.0 Å². The molecule has 20 heavy (non-hydrogen) atoms. The van der Waals surface area contributed by atoms with Gasteiger partial charge in [0.05, 0.1) is 6.61 Å². The van der Waals surface area contributed by atoms with Crippen molar-refractivity contribution >= 4 is 16.6 Å². The van der Waals surface area contributed by atoms with Crippen LogP contribution in [0.5, 0.6) is 5.75 Å². The number of para-hydroxylation sites is 1. The molecule has 0 aliphatic heterocycles. The summed E-state index contributed by atoms with van der Waals surface area (Å²) in [6, 6.07) is 8.25. The molecular formula is C17H24N2O. The number of benzene rings is 1. The molecule has 1 aromatic carbocycles. The van der Waals surface area contributed by atoms with Crippen LogP contribution < -0.4 is 10.1 Å². The normalized spacial score (nSPS) is 11.7. The Balaban J connectivity index is 2.72. The number of anilines is 1. The van der Waals surface area contributed by atoms with Gasteiger partial charge in [0, 0.05) is 28.7 Å². The van der Waals surface area contributed by atoms with Crippen LogP contribution in [-0.2, 0) is 5.41 Å². The lowest BCUT2D eigenvalue weighted by Gasteiger charge is -2.21. The molecule has 0 amide bonds. The molecule has 0 saturated carbocycles. The van der Waals surface area contributed by atoms with E-state index in [1.807, 2.05) is 19.1 Å². The van der Waals surface area contributed by atoms with E-state index in [1.54, 1.807) is 0 Å². The van der Waals surface area contributed by atoms with E-state index >= 15 is 0 Å². The van der Waals surface area contributed by atoms with Gasteiger partial charge in [0.15, 0.2) is 0 Å². The molecule has 0 aliphatic rings. The molecule has 3 nitrogen and oxygen atoms in total. The fraction of sp³-hybridized carbons (Fsp3) is 0.471. The number of hydrogen-bond acceptors (Lipinski definition) is 3. The van der Waals surface area contributed by atoms with E-state index in [2.05, 4.69) is 45.1 Å². The van der Waals surface area contributed by atoms with Gasteiger partial charge in [-0.25, -0.2) is 4.98 Å². The van der Waals surface area contributed by atoms with Crippen molar-refractivity contribution in [3.63, 3.8) is 0 Å². The summed E-state index contributed by atoms with van der Waals surface area (Å²) in [4.78, 5) is 4.84. The molecule has 0 radical (unpaired) electrons. The summed E-state index contributed by atoms with van der Waals surface area (Å²) < 4.78 is 5.73. The van der Waals surface area contributed by atoms with Gasteiger partial charge in [-0.2, -0.15) is 0 Å². The molecule has 1 N–H and O–H groups in total. The van der Waals surface area contributed by atoms with Crippen molar-refractivity contribution in [3.8, 4) is 5.75 Å². The number of rotatable bonds is 4. The Morgan fingerprint density at radius 2 is 1.95 bits per heavy atom.